The normalized spacial score (nSPS) is 20.2. The predicted octanol–water partition coefficient (Wildman–Crippen LogP) is 14.4. The largest absolute Gasteiger partial charge is 0.455 e. The molecule has 51 heavy (non-hydrogen) atoms. The van der Waals surface area contributed by atoms with E-state index >= 15 is 0 Å². The Kier molecular flexibility index (Phi) is 2.50. The van der Waals surface area contributed by atoms with E-state index in [9.17, 15) is 17.8 Å². The Bertz CT molecular complexity index is 4850. The van der Waals surface area contributed by atoms with Crippen LogP contribution in [0.2, 0.25) is 0 Å². The topological polar surface area (TPSA) is 13.1 Å². The summed E-state index contributed by atoms with van der Waals surface area (Å²) in [5, 5.41) is -8.51. The molecule has 0 fully saturated rings. The molecule has 236 valence electrons. The highest BCUT2D eigenvalue weighted by Crippen LogP contribution is 2.49. The van der Waals surface area contributed by atoms with E-state index in [1.807, 2.05) is 0 Å². The molecule has 0 aliphatic carbocycles. The lowest BCUT2D eigenvalue weighted by Gasteiger charge is -2.21. The number of furan rings is 1. The number of hydrogen-bond acceptors (Lipinski definition) is 1. The van der Waals surface area contributed by atoms with E-state index in [4.69, 9.17) is 27.7 Å². The molecule has 0 amide bonds. The van der Waals surface area contributed by atoms with E-state index in [0.717, 1.165) is 0 Å². The number of hydrogen-bond donors (Lipinski definition) is 0. The van der Waals surface area contributed by atoms with Gasteiger partial charge in [-0.2, -0.15) is 0 Å². The summed E-state index contributed by atoms with van der Waals surface area (Å²) in [5.74, 6) is 0. The van der Waals surface area contributed by atoms with Crippen LogP contribution in [0, 0.1) is 0 Å². The highest BCUT2D eigenvalue weighted by molar-refractivity contribution is 6.25. The fraction of sp³-hybridized carbons (Fsp3) is 0. The molecule has 0 aliphatic rings. The highest BCUT2D eigenvalue weighted by Gasteiger charge is 2.22. The van der Waals surface area contributed by atoms with Crippen LogP contribution in [0.25, 0.3) is 109 Å². The first kappa shape index (κ1) is 11.7. The van der Waals surface area contributed by atoms with Crippen molar-refractivity contribution >= 4 is 75.8 Å². The Morgan fingerprint density at radius 3 is 1.55 bits per heavy atom. The van der Waals surface area contributed by atoms with Gasteiger partial charge in [0.15, 0.2) is 0 Å². The number of rotatable bonds is 3. The third-order valence-corrected chi connectivity index (χ3v) is 8.56. The standard InChI is InChI=1S/C50H30O/c1-2-14-33-28-36(25-24-31(33)12-1)47-38-18-7-9-20-40(38)48(41-21-10-8-19-39(41)47)45-30-35-16-4-3-15-34(35)29-44(45)42-22-11-23-46-49(42)43-27-26-32-13-5-6-17-37(32)50(43)51-46/h1-30H/i1D,2D,3D,4D,5D,6D,7D,8D,9D,10D,11D,12D,13D,14D,15D,16D,17D,18D,19D,20D,21D,22D,23D,24D,25D,26D,27D,28D,29D,30D. The molecule has 0 bridgehead atoms. The van der Waals surface area contributed by atoms with E-state index in [2.05, 4.69) is 0 Å². The molecule has 0 radical (unpaired) electrons. The molecule has 0 saturated heterocycles. The van der Waals surface area contributed by atoms with Gasteiger partial charge in [0.25, 0.3) is 0 Å². The van der Waals surface area contributed by atoms with Crippen molar-refractivity contribution in [3.63, 3.8) is 0 Å². The number of fused-ring (bicyclic) bond motifs is 9. The van der Waals surface area contributed by atoms with Crippen LogP contribution < -0.4 is 0 Å². The van der Waals surface area contributed by atoms with Gasteiger partial charge in [-0.05, 0) is 112 Å². The van der Waals surface area contributed by atoms with Crippen molar-refractivity contribution in [3.05, 3.63) is 181 Å². The molecule has 1 nitrogen and oxygen atoms in total. The van der Waals surface area contributed by atoms with Gasteiger partial charge in [-0.1, -0.05) is 151 Å². The van der Waals surface area contributed by atoms with Gasteiger partial charge in [-0.15, -0.1) is 0 Å². The SMILES string of the molecule is [2H]c1c([2H])c(-c2c(-c3c4c([2H])c([2H])c([2H])c([2H])c4c(-c4c([2H])c([2H])c5c([2H])c([2H])c([2H])c([2H])c5c4[2H])c4c([2H])c([2H])c([2H])c([2H])c34)c([2H])c3c([2H])c([2H])c([2H])c([2H])c3c2[2H])c2c(oc3c4c([2H])c([2H])c([2H])c([2H])c4c([2H])c([2H])c32)c1[2H]. The van der Waals surface area contributed by atoms with E-state index in [-0.39, 0.29) is 0 Å². The van der Waals surface area contributed by atoms with Crippen LogP contribution in [0.4, 0.5) is 0 Å². The predicted molar refractivity (Wildman–Crippen MR) is 218 cm³/mol. The third-order valence-electron chi connectivity index (χ3n) is 8.56. The molecule has 10 aromatic carbocycles. The minimum absolute atomic E-state index is 0.515. The van der Waals surface area contributed by atoms with E-state index in [1.54, 1.807) is 0 Å². The van der Waals surface area contributed by atoms with Gasteiger partial charge >= 0.3 is 0 Å². The monoisotopic (exact) mass is 676 g/mol. The zero-order chi connectivity index (χ0) is 59.6. The molecular formula is C50H30O. The quantitative estimate of drug-likeness (QED) is 0.170. The maximum Gasteiger partial charge on any atom is 0.143 e. The first-order chi connectivity index (χ1) is 37.8. The summed E-state index contributed by atoms with van der Waals surface area (Å²) >= 11 is 0. The summed E-state index contributed by atoms with van der Waals surface area (Å²) in [6.07, 6.45) is 0. The molecule has 0 atom stereocenters. The number of benzene rings is 10. The second-order valence-corrected chi connectivity index (χ2v) is 11.3. The molecule has 11 aromatic rings. The van der Waals surface area contributed by atoms with E-state index in [1.165, 1.54) is 0 Å². The summed E-state index contributed by atoms with van der Waals surface area (Å²) in [7, 11) is 0. The van der Waals surface area contributed by atoms with Crippen molar-refractivity contribution < 1.29 is 45.5 Å². The lowest BCUT2D eigenvalue weighted by Crippen LogP contribution is -1.93. The Balaban J connectivity index is 1.53. The summed E-state index contributed by atoms with van der Waals surface area (Å²) < 4.78 is 281. The minimum Gasteiger partial charge on any atom is -0.455 e. The van der Waals surface area contributed by atoms with Crippen LogP contribution in [0.5, 0.6) is 0 Å². The molecule has 0 unspecified atom stereocenters. The minimum atomic E-state index is -1.10. The highest BCUT2D eigenvalue weighted by atomic mass is 16.3. The van der Waals surface area contributed by atoms with Gasteiger partial charge in [0.1, 0.15) is 11.2 Å². The molecule has 11 rings (SSSR count). The zero-order valence-corrected chi connectivity index (χ0v) is 25.4. The second kappa shape index (κ2) is 10.9. The lowest BCUT2D eigenvalue weighted by atomic mass is 9.82. The molecular weight excluding hydrogens is 617 g/mol. The first-order valence-electron chi connectivity index (χ1n) is 30.2. The fourth-order valence-electron chi connectivity index (χ4n) is 6.44. The van der Waals surface area contributed by atoms with Crippen LogP contribution >= 0.6 is 0 Å². The van der Waals surface area contributed by atoms with Gasteiger partial charge in [-0.25, -0.2) is 0 Å². The summed E-state index contributed by atoms with van der Waals surface area (Å²) in [4.78, 5) is 0. The molecule has 0 aliphatic heterocycles. The van der Waals surface area contributed by atoms with Crippen LogP contribution in [0.3, 0.4) is 0 Å². The first-order valence-corrected chi connectivity index (χ1v) is 15.2. The van der Waals surface area contributed by atoms with Crippen molar-refractivity contribution in [2.75, 3.05) is 0 Å². The van der Waals surface area contributed by atoms with Crippen LogP contribution in [-0.4, -0.2) is 0 Å². The van der Waals surface area contributed by atoms with Crippen molar-refractivity contribution in [2.45, 2.75) is 0 Å². The zero-order valence-electron chi connectivity index (χ0n) is 55.4. The van der Waals surface area contributed by atoms with E-state index in [0.29, 0.717) is 0 Å². The average molecular weight is 677 g/mol. The fourth-order valence-corrected chi connectivity index (χ4v) is 6.44. The van der Waals surface area contributed by atoms with Crippen LogP contribution in [0.1, 0.15) is 41.1 Å². The van der Waals surface area contributed by atoms with E-state index < -0.39 is 290 Å². The average Bonchev–Trinajstić information content (AvgIpc) is 4.05. The van der Waals surface area contributed by atoms with Gasteiger partial charge in [0.2, 0.25) is 0 Å². The van der Waals surface area contributed by atoms with Crippen LogP contribution in [0.15, 0.2) is 186 Å². The third kappa shape index (κ3) is 4.22. The van der Waals surface area contributed by atoms with Gasteiger partial charge < -0.3 is 4.42 Å². The van der Waals surface area contributed by atoms with Gasteiger partial charge in [-0.3, -0.25) is 0 Å². The summed E-state index contributed by atoms with van der Waals surface area (Å²) in [6, 6.07) is -29.1. The maximum absolute atomic E-state index is 10.2. The van der Waals surface area contributed by atoms with Crippen molar-refractivity contribution in [3.8, 4) is 33.4 Å². The summed E-state index contributed by atoms with van der Waals surface area (Å²) in [6.45, 7) is 0. The van der Waals surface area contributed by atoms with Crippen molar-refractivity contribution in [2.24, 2.45) is 0 Å². The van der Waals surface area contributed by atoms with Gasteiger partial charge in [0, 0.05) is 16.2 Å². The lowest BCUT2D eigenvalue weighted by molar-refractivity contribution is 0.673. The van der Waals surface area contributed by atoms with Crippen LogP contribution in [-0.2, 0) is 0 Å². The van der Waals surface area contributed by atoms with Crippen molar-refractivity contribution in [1.29, 1.82) is 0 Å². The molecule has 0 N–H and O–H groups in total. The Morgan fingerprint density at radius 2 is 0.863 bits per heavy atom. The smallest absolute Gasteiger partial charge is 0.143 e. The molecule has 0 saturated carbocycles. The maximum atomic E-state index is 10.2. The Labute approximate surface area is 336 Å². The Hall–Kier alpha value is -6.70. The van der Waals surface area contributed by atoms with Gasteiger partial charge in [0.05, 0.1) is 41.1 Å². The molecule has 0 spiro atoms. The summed E-state index contributed by atoms with van der Waals surface area (Å²) in [5.41, 5.74) is -6.51. The second-order valence-electron chi connectivity index (χ2n) is 11.3. The van der Waals surface area contributed by atoms with Crippen molar-refractivity contribution in [1.82, 2.24) is 0 Å². The molecule has 1 heterocycles. The Morgan fingerprint density at radius 1 is 0.333 bits per heavy atom. The molecule has 1 aromatic heterocycles. The molecule has 1 heteroatoms.